The fourth-order valence-corrected chi connectivity index (χ4v) is 3.40. The Bertz CT molecular complexity index is 305. The van der Waals surface area contributed by atoms with Crippen molar-refractivity contribution in [3.63, 3.8) is 0 Å². The van der Waals surface area contributed by atoms with Gasteiger partial charge < -0.3 is 10.2 Å². The van der Waals surface area contributed by atoms with Crippen molar-refractivity contribution in [2.75, 3.05) is 46.0 Å². The molecule has 1 aliphatic rings. The predicted molar refractivity (Wildman–Crippen MR) is 66.0 cm³/mol. The van der Waals surface area contributed by atoms with Gasteiger partial charge in [-0.15, -0.1) is 0 Å². The van der Waals surface area contributed by atoms with Gasteiger partial charge in [-0.3, -0.25) is 0 Å². The van der Waals surface area contributed by atoms with E-state index in [0.717, 1.165) is 13.1 Å². The van der Waals surface area contributed by atoms with E-state index in [0.29, 0.717) is 25.6 Å². The lowest BCUT2D eigenvalue weighted by molar-refractivity contribution is 0.159. The molecule has 0 spiro atoms. The Balaban J connectivity index is 2.49. The molecule has 1 atom stereocenters. The van der Waals surface area contributed by atoms with E-state index in [2.05, 4.69) is 17.1 Å². The van der Waals surface area contributed by atoms with Crippen molar-refractivity contribution >= 4 is 10.0 Å². The highest BCUT2D eigenvalue weighted by Gasteiger charge is 2.28. The summed E-state index contributed by atoms with van der Waals surface area (Å²) in [5, 5.41) is 2.97. The number of piperazine rings is 1. The first-order valence-electron chi connectivity index (χ1n) is 5.80. The van der Waals surface area contributed by atoms with Gasteiger partial charge in [0.25, 0.3) is 0 Å². The molecule has 1 unspecified atom stereocenters. The Morgan fingerprint density at radius 2 is 2.06 bits per heavy atom. The fourth-order valence-electron chi connectivity index (χ4n) is 1.83. The Morgan fingerprint density at radius 3 is 2.62 bits per heavy atom. The van der Waals surface area contributed by atoms with Gasteiger partial charge in [0.1, 0.15) is 0 Å². The average molecular weight is 249 g/mol. The largest absolute Gasteiger partial charge is 0.320 e. The van der Waals surface area contributed by atoms with Crippen LogP contribution in [0.4, 0.5) is 0 Å². The third-order valence-electron chi connectivity index (χ3n) is 3.14. The van der Waals surface area contributed by atoms with Crippen LogP contribution in [0.2, 0.25) is 0 Å². The molecule has 1 fully saturated rings. The smallest absolute Gasteiger partial charge is 0.214 e. The minimum Gasteiger partial charge on any atom is -0.320 e. The molecule has 16 heavy (non-hydrogen) atoms. The molecule has 1 saturated heterocycles. The Labute approximate surface area is 98.8 Å². The van der Waals surface area contributed by atoms with Crippen LogP contribution < -0.4 is 5.32 Å². The summed E-state index contributed by atoms with van der Waals surface area (Å²) in [6, 6.07) is 0.313. The van der Waals surface area contributed by atoms with E-state index in [1.54, 1.807) is 4.31 Å². The monoisotopic (exact) mass is 249 g/mol. The molecular formula is C10H23N3O2S. The van der Waals surface area contributed by atoms with Gasteiger partial charge in [0.2, 0.25) is 10.0 Å². The summed E-state index contributed by atoms with van der Waals surface area (Å²) in [5.41, 5.74) is 0. The van der Waals surface area contributed by atoms with Gasteiger partial charge in [-0.05, 0) is 34.0 Å². The van der Waals surface area contributed by atoms with Crippen molar-refractivity contribution < 1.29 is 8.42 Å². The van der Waals surface area contributed by atoms with Crippen LogP contribution in [0.1, 0.15) is 13.3 Å². The lowest BCUT2D eigenvalue weighted by Gasteiger charge is -2.36. The first kappa shape index (κ1) is 13.9. The first-order chi connectivity index (χ1) is 7.47. The van der Waals surface area contributed by atoms with Crippen LogP contribution in [0.5, 0.6) is 0 Å². The molecule has 1 heterocycles. The van der Waals surface area contributed by atoms with E-state index in [1.807, 2.05) is 14.1 Å². The van der Waals surface area contributed by atoms with Crippen LogP contribution in [0.15, 0.2) is 0 Å². The fraction of sp³-hybridized carbons (Fsp3) is 1.00. The van der Waals surface area contributed by atoms with Crippen LogP contribution >= 0.6 is 0 Å². The normalized spacial score (nSPS) is 24.8. The number of sulfonamides is 1. The van der Waals surface area contributed by atoms with Gasteiger partial charge in [-0.1, -0.05) is 0 Å². The molecule has 1 rings (SSSR count). The molecule has 0 bridgehead atoms. The minimum atomic E-state index is -3.05. The van der Waals surface area contributed by atoms with Gasteiger partial charge in [0.15, 0.2) is 0 Å². The molecule has 0 aliphatic carbocycles. The number of nitrogens with one attached hydrogen (secondary N) is 1. The maximum Gasteiger partial charge on any atom is 0.214 e. The third-order valence-corrected chi connectivity index (χ3v) is 5.07. The van der Waals surface area contributed by atoms with Crippen LogP contribution in [0.3, 0.4) is 0 Å². The second-order valence-electron chi connectivity index (χ2n) is 4.46. The molecule has 0 aromatic carbocycles. The molecule has 0 amide bonds. The zero-order chi connectivity index (χ0) is 12.2. The standard InChI is InChI=1S/C10H23N3O2S/c1-10-9-13(7-6-12(10)3)16(14,15)8-4-5-11-2/h10-11H,4-9H2,1-3H3. The van der Waals surface area contributed by atoms with E-state index in [-0.39, 0.29) is 5.75 Å². The van der Waals surface area contributed by atoms with E-state index in [1.165, 1.54) is 0 Å². The van der Waals surface area contributed by atoms with E-state index >= 15 is 0 Å². The van der Waals surface area contributed by atoms with Crippen LogP contribution in [-0.4, -0.2) is 69.7 Å². The molecule has 1 aliphatic heterocycles. The van der Waals surface area contributed by atoms with E-state index < -0.39 is 10.0 Å². The first-order valence-corrected chi connectivity index (χ1v) is 7.41. The number of hydrogen-bond acceptors (Lipinski definition) is 4. The number of likely N-dealkylation sites (N-methyl/N-ethyl adjacent to an activating group) is 1. The van der Waals surface area contributed by atoms with Crippen molar-refractivity contribution in [3.05, 3.63) is 0 Å². The second-order valence-corrected chi connectivity index (χ2v) is 6.55. The number of hydrogen-bond donors (Lipinski definition) is 1. The Kier molecular flexibility index (Phi) is 5.17. The van der Waals surface area contributed by atoms with Crippen LogP contribution in [-0.2, 0) is 10.0 Å². The summed E-state index contributed by atoms with van der Waals surface area (Å²) in [5.74, 6) is 0.254. The Morgan fingerprint density at radius 1 is 1.38 bits per heavy atom. The highest BCUT2D eigenvalue weighted by atomic mass is 32.2. The topological polar surface area (TPSA) is 52.7 Å². The maximum absolute atomic E-state index is 12.0. The highest BCUT2D eigenvalue weighted by molar-refractivity contribution is 7.89. The maximum atomic E-state index is 12.0. The Hall–Kier alpha value is -0.170. The zero-order valence-electron chi connectivity index (χ0n) is 10.4. The summed E-state index contributed by atoms with van der Waals surface area (Å²) < 4.78 is 25.6. The number of nitrogens with zero attached hydrogens (tertiary/aromatic N) is 2. The quantitative estimate of drug-likeness (QED) is 0.671. The molecule has 0 aromatic heterocycles. The van der Waals surface area contributed by atoms with Crippen molar-refractivity contribution in [2.24, 2.45) is 0 Å². The molecule has 96 valence electrons. The van der Waals surface area contributed by atoms with Gasteiger partial charge in [-0.2, -0.15) is 4.31 Å². The van der Waals surface area contributed by atoms with Crippen molar-refractivity contribution in [1.82, 2.24) is 14.5 Å². The van der Waals surface area contributed by atoms with E-state index in [9.17, 15) is 8.42 Å². The van der Waals surface area contributed by atoms with Gasteiger partial charge in [0.05, 0.1) is 5.75 Å². The lowest BCUT2D eigenvalue weighted by atomic mass is 10.2. The van der Waals surface area contributed by atoms with Crippen molar-refractivity contribution in [1.29, 1.82) is 0 Å². The molecular weight excluding hydrogens is 226 g/mol. The highest BCUT2D eigenvalue weighted by Crippen LogP contribution is 2.12. The number of rotatable bonds is 5. The summed E-state index contributed by atoms with van der Waals surface area (Å²) in [6.45, 7) is 4.89. The van der Waals surface area contributed by atoms with Gasteiger partial charge in [-0.25, -0.2) is 8.42 Å². The molecule has 6 heteroatoms. The third kappa shape index (κ3) is 3.69. The molecule has 0 saturated carbocycles. The summed E-state index contributed by atoms with van der Waals surface area (Å²) in [7, 11) is 0.830. The lowest BCUT2D eigenvalue weighted by Crippen LogP contribution is -2.52. The van der Waals surface area contributed by atoms with Crippen molar-refractivity contribution in [3.8, 4) is 0 Å². The molecule has 0 aromatic rings. The van der Waals surface area contributed by atoms with Gasteiger partial charge in [0, 0.05) is 25.7 Å². The summed E-state index contributed by atoms with van der Waals surface area (Å²) >= 11 is 0. The molecule has 1 N–H and O–H groups in total. The molecule has 5 nitrogen and oxygen atoms in total. The SMILES string of the molecule is CNCCCS(=O)(=O)N1CCN(C)C(C)C1. The van der Waals surface area contributed by atoms with Crippen molar-refractivity contribution in [2.45, 2.75) is 19.4 Å². The summed E-state index contributed by atoms with van der Waals surface area (Å²) in [4.78, 5) is 2.19. The predicted octanol–water partition coefficient (Wildman–Crippen LogP) is -0.438. The second kappa shape index (κ2) is 5.95. The molecule has 0 radical (unpaired) electrons. The van der Waals surface area contributed by atoms with E-state index in [4.69, 9.17) is 0 Å². The van der Waals surface area contributed by atoms with Crippen LogP contribution in [0, 0.1) is 0 Å². The minimum absolute atomic E-state index is 0.254. The summed E-state index contributed by atoms with van der Waals surface area (Å²) in [6.07, 6.45) is 0.680. The van der Waals surface area contributed by atoms with Crippen LogP contribution in [0.25, 0.3) is 0 Å². The van der Waals surface area contributed by atoms with Gasteiger partial charge >= 0.3 is 0 Å². The average Bonchev–Trinajstić information content (AvgIpc) is 2.22. The zero-order valence-corrected chi connectivity index (χ0v) is 11.3.